The van der Waals surface area contributed by atoms with E-state index < -0.39 is 37.7 Å². The van der Waals surface area contributed by atoms with E-state index in [1.54, 1.807) is 53.1 Å². The molecule has 14 heteroatoms. The molecule has 0 atom stereocenters. The number of esters is 1. The Hall–Kier alpha value is -5.34. The Morgan fingerprint density at radius 1 is 0.836 bits per heavy atom. The molecule has 1 N–H and O–H groups in total. The third kappa shape index (κ3) is 9.67. The Morgan fingerprint density at radius 3 is 2.18 bits per heavy atom. The maximum Gasteiger partial charge on any atom is 0.421 e. The molecule has 0 fully saturated rings. The fraction of sp³-hybridized carbons (Fsp3) is 0.293. The van der Waals surface area contributed by atoms with Gasteiger partial charge in [0.05, 0.1) is 33.5 Å². The molecule has 0 aliphatic rings. The first-order valence-electron chi connectivity index (χ1n) is 18.0. The quantitative estimate of drug-likeness (QED) is 0.0984. The Kier molecular flexibility index (Phi) is 13.3. The van der Waals surface area contributed by atoms with E-state index in [0.29, 0.717) is 42.8 Å². The first-order valence-corrected chi connectivity index (χ1v) is 20.9. The molecule has 1 amide bonds. The number of hydrogen-bond donors (Lipinski definition) is 1. The molecule has 11 nitrogen and oxygen atoms in total. The number of carbonyl (C=O) groups is 2. The molecular formula is C41H44FN3O8S2. The van der Waals surface area contributed by atoms with E-state index in [9.17, 15) is 26.4 Å². The molecule has 0 saturated heterocycles. The zero-order valence-corrected chi connectivity index (χ0v) is 32.8. The van der Waals surface area contributed by atoms with E-state index >= 15 is 4.39 Å². The molecule has 0 unspecified atom stereocenters. The molecule has 5 rings (SSSR count). The topological polar surface area (TPSA) is 151 Å². The highest BCUT2D eigenvalue weighted by Crippen LogP contribution is 2.30. The number of aromatic nitrogens is 2. The van der Waals surface area contributed by atoms with Crippen molar-refractivity contribution in [1.29, 1.82) is 0 Å². The van der Waals surface area contributed by atoms with Crippen LogP contribution in [0.1, 0.15) is 73.7 Å². The van der Waals surface area contributed by atoms with Crippen LogP contribution in [0.15, 0.2) is 112 Å². The van der Waals surface area contributed by atoms with Gasteiger partial charge in [0.2, 0.25) is 9.84 Å². The van der Waals surface area contributed by atoms with Gasteiger partial charge in [-0.1, -0.05) is 94.4 Å². The number of imidazole rings is 1. The molecule has 0 bridgehead atoms. The highest BCUT2D eigenvalue weighted by Gasteiger charge is 2.27. The lowest BCUT2D eigenvalue weighted by molar-refractivity contribution is 0.0455. The minimum absolute atomic E-state index is 0.0128. The van der Waals surface area contributed by atoms with E-state index in [4.69, 9.17) is 14.5 Å². The van der Waals surface area contributed by atoms with Crippen LogP contribution in [0.5, 0.6) is 0 Å². The minimum atomic E-state index is -4.38. The second-order valence-corrected chi connectivity index (χ2v) is 16.8. The summed E-state index contributed by atoms with van der Waals surface area (Å²) < 4.78 is 83.8. The zero-order chi connectivity index (χ0) is 39.8. The number of amides is 1. The monoisotopic (exact) mass is 789 g/mol. The molecule has 5 aromatic rings. The van der Waals surface area contributed by atoms with Gasteiger partial charge in [0, 0.05) is 23.1 Å². The third-order valence-electron chi connectivity index (χ3n) is 8.81. The number of nitrogens with zero attached hydrogens (tertiary/aromatic N) is 2. The third-order valence-corrected chi connectivity index (χ3v) is 12.1. The molecule has 1 heterocycles. The first-order chi connectivity index (χ1) is 26.3. The van der Waals surface area contributed by atoms with Crippen molar-refractivity contribution < 1.29 is 40.3 Å². The fourth-order valence-corrected chi connectivity index (χ4v) is 8.59. The number of carbonyl (C=O) groups excluding carboxylic acids is 2. The average molecular weight is 790 g/mol. The van der Waals surface area contributed by atoms with Gasteiger partial charge in [0.1, 0.15) is 18.2 Å². The highest BCUT2D eigenvalue weighted by atomic mass is 32.2. The normalized spacial score (nSPS) is 11.7. The summed E-state index contributed by atoms with van der Waals surface area (Å²) in [6.07, 6.45) is 0.996. The van der Waals surface area contributed by atoms with Crippen LogP contribution in [0, 0.1) is 11.7 Å². The summed E-state index contributed by atoms with van der Waals surface area (Å²) in [6.45, 7) is 7.30. The summed E-state index contributed by atoms with van der Waals surface area (Å²) in [6, 6.07) is 24.5. The van der Waals surface area contributed by atoms with Crippen LogP contribution in [0.4, 0.5) is 9.18 Å². The van der Waals surface area contributed by atoms with Crippen molar-refractivity contribution in [3.8, 4) is 11.1 Å². The van der Waals surface area contributed by atoms with Crippen LogP contribution in [0.2, 0.25) is 0 Å². The largest absolute Gasteiger partial charge is 0.456 e. The van der Waals surface area contributed by atoms with Gasteiger partial charge < -0.3 is 14.0 Å². The number of benzene rings is 4. The Morgan fingerprint density at radius 2 is 1.51 bits per heavy atom. The molecule has 290 valence electrons. The maximum atomic E-state index is 16.0. The zero-order valence-electron chi connectivity index (χ0n) is 31.1. The standard InChI is InChI=1S/C41H44FN3O8S2/c1-5-14-38-43-35(6-2)39(40(46)53-27-31-15-10-12-19-36(31)54(48,49)32-16-8-7-9-17-32)45(38)26-30-22-21-29(25-34(30)42)33-18-11-13-20-37(33)55(50,51)44-41(47)52-24-23-28(3)4/h7-13,15-22,25,28H,5-6,14,23-24,26-27H2,1-4H3,(H,44,47). The van der Waals surface area contributed by atoms with Gasteiger partial charge in [-0.25, -0.2) is 40.5 Å². The molecule has 55 heavy (non-hydrogen) atoms. The minimum Gasteiger partial charge on any atom is -0.456 e. The van der Waals surface area contributed by atoms with Gasteiger partial charge in [-0.05, 0) is 61.1 Å². The maximum absolute atomic E-state index is 16.0. The van der Waals surface area contributed by atoms with Gasteiger partial charge in [-0.15, -0.1) is 0 Å². The number of ether oxygens (including phenoxy) is 2. The lowest BCUT2D eigenvalue weighted by Gasteiger charge is -2.15. The Balaban J connectivity index is 1.42. The molecule has 0 radical (unpaired) electrons. The van der Waals surface area contributed by atoms with Crippen LogP contribution in [-0.4, -0.2) is 45.1 Å². The second kappa shape index (κ2) is 17.9. The number of sulfone groups is 1. The van der Waals surface area contributed by atoms with Crippen molar-refractivity contribution >= 4 is 31.9 Å². The van der Waals surface area contributed by atoms with Crippen LogP contribution in [0.25, 0.3) is 11.1 Å². The predicted octanol–water partition coefficient (Wildman–Crippen LogP) is 7.90. The van der Waals surface area contributed by atoms with Gasteiger partial charge >= 0.3 is 12.1 Å². The summed E-state index contributed by atoms with van der Waals surface area (Å²) in [5.74, 6) is -0.611. The predicted molar refractivity (Wildman–Crippen MR) is 205 cm³/mol. The first kappa shape index (κ1) is 40.8. The molecule has 0 spiro atoms. The fourth-order valence-electron chi connectivity index (χ4n) is 5.97. The van der Waals surface area contributed by atoms with Crippen molar-refractivity contribution in [2.24, 2.45) is 5.92 Å². The molecule has 0 aliphatic heterocycles. The second-order valence-electron chi connectivity index (χ2n) is 13.2. The van der Waals surface area contributed by atoms with Crippen LogP contribution >= 0.6 is 0 Å². The summed E-state index contributed by atoms with van der Waals surface area (Å²) in [5, 5.41) is 0. The number of nitrogens with one attached hydrogen (secondary N) is 1. The Bertz CT molecular complexity index is 2380. The van der Waals surface area contributed by atoms with Gasteiger partial charge in [-0.2, -0.15) is 0 Å². The molecule has 0 saturated carbocycles. The van der Waals surface area contributed by atoms with E-state index in [1.165, 1.54) is 48.5 Å². The van der Waals surface area contributed by atoms with Gasteiger partial charge in [0.25, 0.3) is 10.0 Å². The van der Waals surface area contributed by atoms with E-state index in [-0.39, 0.29) is 62.7 Å². The van der Waals surface area contributed by atoms with Crippen molar-refractivity contribution in [2.75, 3.05) is 6.61 Å². The highest BCUT2D eigenvalue weighted by molar-refractivity contribution is 7.91. The summed E-state index contributed by atoms with van der Waals surface area (Å²) in [4.78, 5) is 30.7. The van der Waals surface area contributed by atoms with Crippen molar-refractivity contribution in [3.63, 3.8) is 0 Å². The molecule has 4 aromatic carbocycles. The summed E-state index contributed by atoms with van der Waals surface area (Å²) in [5.41, 5.74) is 1.47. The number of hydrogen-bond acceptors (Lipinski definition) is 9. The average Bonchev–Trinajstić information content (AvgIpc) is 3.51. The lowest BCUT2D eigenvalue weighted by atomic mass is 10.0. The van der Waals surface area contributed by atoms with Crippen molar-refractivity contribution in [2.45, 2.75) is 81.2 Å². The number of rotatable bonds is 16. The number of aryl methyl sites for hydroxylation is 2. The lowest BCUT2D eigenvalue weighted by Crippen LogP contribution is -2.31. The van der Waals surface area contributed by atoms with E-state index in [1.807, 2.05) is 32.4 Å². The summed E-state index contributed by atoms with van der Waals surface area (Å²) in [7, 11) is -8.29. The van der Waals surface area contributed by atoms with Crippen LogP contribution in [-0.2, 0) is 55.3 Å². The van der Waals surface area contributed by atoms with E-state index in [2.05, 4.69) is 0 Å². The van der Waals surface area contributed by atoms with Crippen molar-refractivity contribution in [1.82, 2.24) is 14.3 Å². The van der Waals surface area contributed by atoms with Crippen LogP contribution < -0.4 is 4.72 Å². The number of sulfonamides is 1. The number of halogens is 1. The van der Waals surface area contributed by atoms with Crippen LogP contribution in [0.3, 0.4) is 0 Å². The SMILES string of the molecule is CCCc1nc(CC)c(C(=O)OCc2ccccc2S(=O)(=O)c2ccccc2)n1Cc1ccc(-c2ccccc2S(=O)(=O)NC(=O)OCCC(C)C)cc1F. The molecular weight excluding hydrogens is 746 g/mol. The van der Waals surface area contributed by atoms with Crippen molar-refractivity contribution in [3.05, 3.63) is 131 Å². The van der Waals surface area contributed by atoms with E-state index in [0.717, 1.165) is 0 Å². The molecule has 0 aliphatic carbocycles. The smallest absolute Gasteiger partial charge is 0.421 e. The Labute approximate surface area is 321 Å². The van der Waals surface area contributed by atoms with Gasteiger partial charge in [0.15, 0.2) is 5.69 Å². The van der Waals surface area contributed by atoms with Gasteiger partial charge in [-0.3, -0.25) is 0 Å². The molecule has 1 aromatic heterocycles. The summed E-state index contributed by atoms with van der Waals surface area (Å²) >= 11 is 0.